The summed E-state index contributed by atoms with van der Waals surface area (Å²) in [5, 5.41) is 0.864. The number of carbonyl (C=O) groups is 2. The number of hydrogen-bond donors (Lipinski definition) is 1. The molecular weight excluding hydrogens is 494 g/mol. The van der Waals surface area contributed by atoms with Crippen LogP contribution in [0, 0.1) is 0 Å². The molecule has 2 aromatic carbocycles. The minimum Gasteiger partial charge on any atom is -0.488 e. The van der Waals surface area contributed by atoms with Gasteiger partial charge in [-0.2, -0.15) is 0 Å². The smallest absolute Gasteiger partial charge is 0.240 e. The third-order valence-corrected chi connectivity index (χ3v) is 6.33. The number of aryl methyl sites for hydroxylation is 1. The van der Waals surface area contributed by atoms with E-state index in [-0.39, 0.29) is 23.8 Å². The Balaban J connectivity index is 1.88. The number of Topliss-reactive ketones (excluding diaryl/α,β-unsaturated/α-hetero) is 1. The van der Waals surface area contributed by atoms with Gasteiger partial charge >= 0.3 is 0 Å². The second-order valence-corrected chi connectivity index (χ2v) is 10.8. The van der Waals surface area contributed by atoms with Crippen LogP contribution in [0.3, 0.4) is 0 Å². The minimum atomic E-state index is -0.760. The van der Waals surface area contributed by atoms with Gasteiger partial charge in [-0.25, -0.2) is 0 Å². The Morgan fingerprint density at radius 3 is 2.23 bits per heavy atom. The maximum Gasteiger partial charge on any atom is 0.240 e. The van der Waals surface area contributed by atoms with Gasteiger partial charge in [0.15, 0.2) is 12.1 Å². The molecule has 2 N–H and O–H groups in total. The number of amides is 1. The van der Waals surface area contributed by atoms with Crippen LogP contribution in [-0.4, -0.2) is 58.8 Å². The zero-order valence-corrected chi connectivity index (χ0v) is 24.3. The Morgan fingerprint density at radius 2 is 1.67 bits per heavy atom. The van der Waals surface area contributed by atoms with Crippen molar-refractivity contribution in [1.82, 2.24) is 9.47 Å². The summed E-state index contributed by atoms with van der Waals surface area (Å²) >= 11 is 0. The largest absolute Gasteiger partial charge is 0.488 e. The monoisotopic (exact) mass is 537 g/mol. The summed E-state index contributed by atoms with van der Waals surface area (Å²) < 4.78 is 19.4. The van der Waals surface area contributed by atoms with Crippen LogP contribution >= 0.6 is 0 Å². The van der Waals surface area contributed by atoms with Crippen LogP contribution in [0.25, 0.3) is 10.9 Å². The van der Waals surface area contributed by atoms with Crippen molar-refractivity contribution in [1.29, 1.82) is 0 Å². The quantitative estimate of drug-likeness (QED) is 0.247. The van der Waals surface area contributed by atoms with Crippen molar-refractivity contribution < 1.29 is 23.8 Å². The third-order valence-electron chi connectivity index (χ3n) is 6.33. The van der Waals surface area contributed by atoms with Crippen LogP contribution in [0.4, 0.5) is 0 Å². The summed E-state index contributed by atoms with van der Waals surface area (Å²) in [5.74, 6) is 0.566. The van der Waals surface area contributed by atoms with Crippen molar-refractivity contribution in [3.63, 3.8) is 0 Å². The van der Waals surface area contributed by atoms with E-state index in [0.29, 0.717) is 31.7 Å². The molecule has 1 aromatic heterocycles. The van der Waals surface area contributed by atoms with Crippen molar-refractivity contribution in [2.24, 2.45) is 12.8 Å². The molecule has 8 nitrogen and oxygen atoms in total. The molecule has 1 heterocycles. The van der Waals surface area contributed by atoms with Gasteiger partial charge < -0.3 is 29.4 Å². The van der Waals surface area contributed by atoms with E-state index in [9.17, 15) is 9.59 Å². The molecule has 0 aliphatic rings. The van der Waals surface area contributed by atoms with Gasteiger partial charge in [0.1, 0.15) is 11.4 Å². The Kier molecular flexibility index (Phi) is 10.3. The molecule has 3 aromatic rings. The van der Waals surface area contributed by atoms with Gasteiger partial charge in [-0.1, -0.05) is 30.3 Å². The first-order chi connectivity index (χ1) is 18.4. The number of para-hydroxylation sites is 1. The average molecular weight is 538 g/mol. The molecule has 39 heavy (non-hydrogen) atoms. The standard InChI is InChI=1S/C31H43N3O5/c1-8-37-28(38-9-2)20-34(18-23-11-10-12-25-26(21(3)35)19-33(7)29(23)25)30(36)27(32)17-22-13-15-24(16-14-22)39-31(4,5)6/h10-16,19,27-28H,8-9,17-18,20,32H2,1-7H3. The van der Waals surface area contributed by atoms with Crippen molar-refractivity contribution >= 4 is 22.6 Å². The Labute approximate surface area is 232 Å². The summed E-state index contributed by atoms with van der Waals surface area (Å²) in [6.45, 7) is 12.8. The van der Waals surface area contributed by atoms with Gasteiger partial charge in [0.05, 0.1) is 18.1 Å². The topological polar surface area (TPSA) is 96.0 Å². The van der Waals surface area contributed by atoms with Crippen LogP contribution in [0.15, 0.2) is 48.7 Å². The number of nitrogens with zero attached hydrogens (tertiary/aromatic N) is 2. The third kappa shape index (κ3) is 8.14. The number of benzene rings is 2. The van der Waals surface area contributed by atoms with E-state index in [2.05, 4.69) is 0 Å². The van der Waals surface area contributed by atoms with E-state index in [1.165, 1.54) is 0 Å². The number of hydrogen-bond acceptors (Lipinski definition) is 6. The summed E-state index contributed by atoms with van der Waals surface area (Å²) in [4.78, 5) is 27.7. The normalized spacial score (nSPS) is 12.6. The summed E-state index contributed by atoms with van der Waals surface area (Å²) in [6.07, 6.45) is 1.64. The lowest BCUT2D eigenvalue weighted by Gasteiger charge is -2.30. The predicted octanol–water partition coefficient (Wildman–Crippen LogP) is 4.86. The Hall–Kier alpha value is -3.20. The molecular formula is C31H43N3O5. The number of fused-ring (bicyclic) bond motifs is 1. The fourth-order valence-corrected chi connectivity index (χ4v) is 4.73. The lowest BCUT2D eigenvalue weighted by Crippen LogP contribution is -2.48. The maximum atomic E-state index is 13.8. The SMILES string of the molecule is CCOC(CN(Cc1cccc2c(C(C)=O)cn(C)c12)C(=O)C(N)Cc1ccc(OC(C)(C)C)cc1)OCC. The molecule has 212 valence electrons. The first-order valence-corrected chi connectivity index (χ1v) is 13.6. The lowest BCUT2D eigenvalue weighted by atomic mass is 10.0. The van der Waals surface area contributed by atoms with Crippen LogP contribution in [0.2, 0.25) is 0 Å². The molecule has 0 bridgehead atoms. The molecule has 0 spiro atoms. The van der Waals surface area contributed by atoms with Crippen molar-refractivity contribution in [3.05, 3.63) is 65.4 Å². The minimum absolute atomic E-state index is 0.000575. The molecule has 0 saturated carbocycles. The molecule has 3 rings (SSSR count). The fraction of sp³-hybridized carbons (Fsp3) is 0.484. The molecule has 0 fully saturated rings. The number of nitrogens with two attached hydrogens (primary N) is 1. The molecule has 0 aliphatic heterocycles. The summed E-state index contributed by atoms with van der Waals surface area (Å²) in [7, 11) is 1.91. The number of aromatic nitrogens is 1. The van der Waals surface area contributed by atoms with E-state index < -0.39 is 12.3 Å². The zero-order valence-electron chi connectivity index (χ0n) is 24.3. The van der Waals surface area contributed by atoms with Crippen LogP contribution in [-0.2, 0) is 34.3 Å². The highest BCUT2D eigenvalue weighted by molar-refractivity contribution is 6.07. The predicted molar refractivity (Wildman–Crippen MR) is 154 cm³/mol. The van der Waals surface area contributed by atoms with E-state index >= 15 is 0 Å². The number of ether oxygens (including phenoxy) is 3. The molecule has 0 radical (unpaired) electrons. The van der Waals surface area contributed by atoms with Gasteiger partial charge in [-0.05, 0) is 71.2 Å². The van der Waals surface area contributed by atoms with Crippen LogP contribution < -0.4 is 10.5 Å². The van der Waals surface area contributed by atoms with Gasteiger partial charge in [0.25, 0.3) is 0 Å². The lowest BCUT2D eigenvalue weighted by molar-refractivity contribution is -0.160. The van der Waals surface area contributed by atoms with Crippen LogP contribution in [0.1, 0.15) is 63.0 Å². The van der Waals surface area contributed by atoms with Gasteiger partial charge in [0.2, 0.25) is 5.91 Å². The summed E-state index contributed by atoms with van der Waals surface area (Å²) in [6, 6.07) is 12.7. The van der Waals surface area contributed by atoms with Crippen molar-refractivity contribution in [2.75, 3.05) is 19.8 Å². The molecule has 1 amide bonds. The Bertz CT molecular complexity index is 1250. The van der Waals surface area contributed by atoms with Gasteiger partial charge in [-0.3, -0.25) is 9.59 Å². The van der Waals surface area contributed by atoms with E-state index in [1.54, 1.807) is 11.8 Å². The first kappa shape index (κ1) is 30.3. The van der Waals surface area contributed by atoms with Crippen molar-refractivity contribution in [2.45, 2.75) is 72.4 Å². The highest BCUT2D eigenvalue weighted by atomic mass is 16.7. The van der Waals surface area contributed by atoms with Crippen molar-refractivity contribution in [3.8, 4) is 5.75 Å². The van der Waals surface area contributed by atoms with E-state index in [4.69, 9.17) is 19.9 Å². The molecule has 1 unspecified atom stereocenters. The first-order valence-electron chi connectivity index (χ1n) is 13.6. The average Bonchev–Trinajstić information content (AvgIpc) is 3.21. The Morgan fingerprint density at radius 1 is 1.03 bits per heavy atom. The maximum absolute atomic E-state index is 13.8. The zero-order chi connectivity index (χ0) is 28.7. The molecule has 0 aliphatic carbocycles. The molecule has 1 atom stereocenters. The fourth-order valence-electron chi connectivity index (χ4n) is 4.73. The number of ketones is 1. The van der Waals surface area contributed by atoms with Gasteiger partial charge in [-0.15, -0.1) is 0 Å². The second-order valence-electron chi connectivity index (χ2n) is 10.8. The summed E-state index contributed by atoms with van der Waals surface area (Å²) in [5.41, 5.74) is 9.63. The number of rotatable bonds is 13. The molecule has 8 heteroatoms. The highest BCUT2D eigenvalue weighted by Gasteiger charge is 2.26. The highest BCUT2D eigenvalue weighted by Crippen LogP contribution is 2.26. The van der Waals surface area contributed by atoms with Gasteiger partial charge in [0, 0.05) is 44.0 Å². The second kappa shape index (κ2) is 13.2. The van der Waals surface area contributed by atoms with E-state index in [0.717, 1.165) is 27.8 Å². The molecule has 0 saturated heterocycles. The van der Waals surface area contributed by atoms with E-state index in [1.807, 2.05) is 94.9 Å². The van der Waals surface area contributed by atoms with Crippen LogP contribution in [0.5, 0.6) is 5.75 Å². The number of carbonyl (C=O) groups excluding carboxylic acids is 2.